The second kappa shape index (κ2) is 7.76. The standard InChI is InChI=1S/C16H23N3O4S/c1-12(16(21)19-10-4-3-5-11-19)18-24(22,23)15-8-6-14(7-9-15)17-13(2)20/h6-9,12,18H,3-5,10-11H2,1-2H3,(H,17,20)/t12-/m0/s1. The topological polar surface area (TPSA) is 95.6 Å². The molecule has 1 fully saturated rings. The Morgan fingerprint density at radius 3 is 2.21 bits per heavy atom. The number of piperidine rings is 1. The number of benzene rings is 1. The van der Waals surface area contributed by atoms with Gasteiger partial charge in [0.2, 0.25) is 21.8 Å². The van der Waals surface area contributed by atoms with Crippen LogP contribution in [-0.2, 0) is 19.6 Å². The molecule has 1 saturated heterocycles. The fourth-order valence-electron chi connectivity index (χ4n) is 2.66. The van der Waals surface area contributed by atoms with Crippen LogP contribution in [0.1, 0.15) is 33.1 Å². The number of nitrogens with zero attached hydrogens (tertiary/aromatic N) is 1. The second-order valence-corrected chi connectivity index (χ2v) is 7.65. The van der Waals surface area contributed by atoms with Crippen molar-refractivity contribution in [1.82, 2.24) is 9.62 Å². The van der Waals surface area contributed by atoms with E-state index >= 15 is 0 Å². The third-order valence-corrected chi connectivity index (χ3v) is 5.41. The average molecular weight is 353 g/mol. The number of anilines is 1. The lowest BCUT2D eigenvalue weighted by molar-refractivity contribution is -0.133. The number of sulfonamides is 1. The molecule has 0 saturated carbocycles. The summed E-state index contributed by atoms with van der Waals surface area (Å²) in [5.41, 5.74) is 0.513. The zero-order valence-electron chi connectivity index (χ0n) is 13.9. The van der Waals surface area contributed by atoms with Crippen LogP contribution in [0.15, 0.2) is 29.2 Å². The molecule has 0 unspecified atom stereocenters. The molecule has 0 aliphatic carbocycles. The van der Waals surface area contributed by atoms with Gasteiger partial charge in [-0.1, -0.05) is 0 Å². The van der Waals surface area contributed by atoms with E-state index in [4.69, 9.17) is 0 Å². The Bertz CT molecular complexity index is 695. The van der Waals surface area contributed by atoms with Crippen molar-refractivity contribution in [3.63, 3.8) is 0 Å². The summed E-state index contributed by atoms with van der Waals surface area (Å²) >= 11 is 0. The van der Waals surface area contributed by atoms with E-state index in [9.17, 15) is 18.0 Å². The van der Waals surface area contributed by atoms with E-state index in [0.717, 1.165) is 19.3 Å². The molecular weight excluding hydrogens is 330 g/mol. The Kier molecular flexibility index (Phi) is 5.95. The molecule has 132 valence electrons. The number of carbonyl (C=O) groups excluding carboxylic acids is 2. The summed E-state index contributed by atoms with van der Waals surface area (Å²) in [7, 11) is -3.80. The van der Waals surface area contributed by atoms with Crippen molar-refractivity contribution in [2.24, 2.45) is 0 Å². The Hall–Kier alpha value is -1.93. The van der Waals surface area contributed by atoms with Crippen LogP contribution in [0.4, 0.5) is 5.69 Å². The van der Waals surface area contributed by atoms with Gasteiger partial charge >= 0.3 is 0 Å². The van der Waals surface area contributed by atoms with E-state index in [1.165, 1.54) is 31.2 Å². The molecule has 1 aromatic carbocycles. The minimum Gasteiger partial charge on any atom is -0.341 e. The summed E-state index contributed by atoms with van der Waals surface area (Å²) in [6, 6.07) is 4.99. The number of hydrogen-bond donors (Lipinski definition) is 2. The third kappa shape index (κ3) is 4.78. The van der Waals surface area contributed by atoms with Crippen molar-refractivity contribution in [3.05, 3.63) is 24.3 Å². The van der Waals surface area contributed by atoms with Crippen LogP contribution in [0.5, 0.6) is 0 Å². The maximum Gasteiger partial charge on any atom is 0.241 e. The lowest BCUT2D eigenvalue weighted by atomic mass is 10.1. The molecule has 2 N–H and O–H groups in total. The third-order valence-electron chi connectivity index (χ3n) is 3.86. The van der Waals surface area contributed by atoms with Gasteiger partial charge in [-0.15, -0.1) is 0 Å². The summed E-state index contributed by atoms with van der Waals surface area (Å²) in [6.07, 6.45) is 3.01. The van der Waals surface area contributed by atoms with Crippen LogP contribution in [0, 0.1) is 0 Å². The van der Waals surface area contributed by atoms with Gasteiger partial charge in [-0.2, -0.15) is 4.72 Å². The van der Waals surface area contributed by atoms with Crippen molar-refractivity contribution in [3.8, 4) is 0 Å². The highest BCUT2D eigenvalue weighted by atomic mass is 32.2. The predicted molar refractivity (Wildman–Crippen MR) is 91.0 cm³/mol. The van der Waals surface area contributed by atoms with Gasteiger partial charge in [0.1, 0.15) is 0 Å². The van der Waals surface area contributed by atoms with Crippen LogP contribution >= 0.6 is 0 Å². The Balaban J connectivity index is 2.04. The van der Waals surface area contributed by atoms with Crippen molar-refractivity contribution in [2.75, 3.05) is 18.4 Å². The van der Waals surface area contributed by atoms with Crippen molar-refractivity contribution < 1.29 is 18.0 Å². The Morgan fingerprint density at radius 1 is 1.08 bits per heavy atom. The molecular formula is C16H23N3O4S. The molecule has 2 rings (SSSR count). The summed E-state index contributed by atoms with van der Waals surface area (Å²) < 4.78 is 27.2. The van der Waals surface area contributed by atoms with Gasteiger partial charge in [0.15, 0.2) is 0 Å². The van der Waals surface area contributed by atoms with Gasteiger partial charge in [-0.25, -0.2) is 8.42 Å². The SMILES string of the molecule is CC(=O)Nc1ccc(S(=O)(=O)N[C@@H](C)C(=O)N2CCCCC2)cc1. The maximum atomic E-state index is 12.4. The number of hydrogen-bond acceptors (Lipinski definition) is 4. The molecule has 0 radical (unpaired) electrons. The molecule has 1 aliphatic heterocycles. The molecule has 7 nitrogen and oxygen atoms in total. The molecule has 2 amide bonds. The smallest absolute Gasteiger partial charge is 0.241 e. The van der Waals surface area contributed by atoms with Gasteiger partial charge < -0.3 is 10.2 Å². The molecule has 8 heteroatoms. The molecule has 1 aromatic rings. The summed E-state index contributed by atoms with van der Waals surface area (Å²) in [5.74, 6) is -0.433. The van der Waals surface area contributed by atoms with Crippen LogP contribution in [0.3, 0.4) is 0 Å². The first-order valence-electron chi connectivity index (χ1n) is 7.98. The van der Waals surface area contributed by atoms with Crippen molar-refractivity contribution >= 4 is 27.5 Å². The first-order chi connectivity index (χ1) is 11.3. The van der Waals surface area contributed by atoms with E-state index in [1.54, 1.807) is 11.8 Å². The largest absolute Gasteiger partial charge is 0.341 e. The molecule has 1 atom stereocenters. The lowest BCUT2D eigenvalue weighted by Crippen LogP contribution is -2.48. The molecule has 0 bridgehead atoms. The van der Waals surface area contributed by atoms with Crippen LogP contribution in [0.2, 0.25) is 0 Å². The van der Waals surface area contributed by atoms with Crippen LogP contribution in [-0.4, -0.2) is 44.3 Å². The second-order valence-electron chi connectivity index (χ2n) is 5.93. The van der Waals surface area contributed by atoms with Gasteiger partial charge in [0.25, 0.3) is 0 Å². The highest BCUT2D eigenvalue weighted by molar-refractivity contribution is 7.89. The molecule has 1 heterocycles. The highest BCUT2D eigenvalue weighted by Crippen LogP contribution is 2.15. The Morgan fingerprint density at radius 2 is 1.67 bits per heavy atom. The van der Waals surface area contributed by atoms with Gasteiger partial charge in [0.05, 0.1) is 10.9 Å². The van der Waals surface area contributed by atoms with Crippen LogP contribution < -0.4 is 10.0 Å². The normalized spacial score (nSPS) is 16.5. The van der Waals surface area contributed by atoms with E-state index in [0.29, 0.717) is 18.8 Å². The fourth-order valence-corrected chi connectivity index (χ4v) is 3.86. The van der Waals surface area contributed by atoms with Gasteiger partial charge in [-0.3, -0.25) is 9.59 Å². The average Bonchev–Trinajstić information content (AvgIpc) is 2.54. The molecule has 0 aromatic heterocycles. The summed E-state index contributed by atoms with van der Waals surface area (Å²) in [5, 5.41) is 2.57. The van der Waals surface area contributed by atoms with E-state index in [2.05, 4.69) is 10.0 Å². The number of rotatable bonds is 5. The summed E-state index contributed by atoms with van der Waals surface area (Å²) in [6.45, 7) is 4.28. The van der Waals surface area contributed by atoms with Gasteiger partial charge in [-0.05, 0) is 50.5 Å². The zero-order valence-corrected chi connectivity index (χ0v) is 14.7. The minimum atomic E-state index is -3.80. The first kappa shape index (κ1) is 18.4. The molecule has 0 spiro atoms. The zero-order chi connectivity index (χ0) is 17.7. The number of likely N-dealkylation sites (tertiary alicyclic amines) is 1. The number of carbonyl (C=O) groups is 2. The lowest BCUT2D eigenvalue weighted by Gasteiger charge is -2.29. The maximum absolute atomic E-state index is 12.4. The quantitative estimate of drug-likeness (QED) is 0.835. The van der Waals surface area contributed by atoms with Crippen molar-refractivity contribution in [2.45, 2.75) is 44.0 Å². The number of amides is 2. The van der Waals surface area contributed by atoms with Crippen molar-refractivity contribution in [1.29, 1.82) is 0 Å². The minimum absolute atomic E-state index is 0.0508. The molecule has 24 heavy (non-hydrogen) atoms. The van der Waals surface area contributed by atoms with E-state index < -0.39 is 16.1 Å². The van der Waals surface area contributed by atoms with E-state index in [-0.39, 0.29) is 16.7 Å². The summed E-state index contributed by atoms with van der Waals surface area (Å²) in [4.78, 5) is 25.1. The Labute approximate surface area is 142 Å². The van der Waals surface area contributed by atoms with E-state index in [1.807, 2.05) is 0 Å². The first-order valence-corrected chi connectivity index (χ1v) is 9.47. The van der Waals surface area contributed by atoms with Gasteiger partial charge in [0, 0.05) is 25.7 Å². The monoisotopic (exact) mass is 353 g/mol. The molecule has 1 aliphatic rings. The highest BCUT2D eigenvalue weighted by Gasteiger charge is 2.26. The van der Waals surface area contributed by atoms with Crippen LogP contribution in [0.25, 0.3) is 0 Å². The fraction of sp³-hybridized carbons (Fsp3) is 0.500. The number of nitrogens with one attached hydrogen (secondary N) is 2. The predicted octanol–water partition coefficient (Wildman–Crippen LogP) is 1.32.